The number of pyridine rings is 2. The first-order chi connectivity index (χ1) is 22.4. The maximum Gasteiger partial charge on any atom is 0.387 e. The molecule has 47 heavy (non-hydrogen) atoms. The van der Waals surface area contributed by atoms with E-state index in [-0.39, 0.29) is 58.5 Å². The van der Waals surface area contributed by atoms with Gasteiger partial charge in [-0.05, 0) is 73.7 Å². The summed E-state index contributed by atoms with van der Waals surface area (Å²) in [5.74, 6) is -4.95. The number of halogens is 4. The highest BCUT2D eigenvalue weighted by molar-refractivity contribution is 6.05. The van der Waals surface area contributed by atoms with Gasteiger partial charge in [-0.1, -0.05) is 0 Å². The van der Waals surface area contributed by atoms with E-state index in [1.54, 1.807) is 24.8 Å². The first-order valence-corrected chi connectivity index (χ1v) is 15.1. The molecule has 1 aromatic carbocycles. The standard InChI is InChI=1S/C32H35F4N5O6/c1-4-46-27-11-20(23-8-7-22(47-31(33)34)12-24(23)29(43)40-16-32(35,36)17-40)10-26(38-27)39-28(42)25-9-19(14-37-13-18(2)45-3)15-41(30(25)44)21-5-6-21/h7-12,15,18,21,31,37H,4-6,13-14,16-17H2,1-3H3,(H,38,39,42)/t18-/m0/s1. The van der Waals surface area contributed by atoms with E-state index in [9.17, 15) is 31.9 Å². The maximum atomic E-state index is 13.6. The summed E-state index contributed by atoms with van der Waals surface area (Å²) in [4.78, 5) is 45.4. The molecule has 1 aliphatic heterocycles. The Morgan fingerprint density at radius 2 is 1.85 bits per heavy atom. The van der Waals surface area contributed by atoms with Gasteiger partial charge in [0.15, 0.2) is 0 Å². The minimum atomic E-state index is -3.18. The van der Waals surface area contributed by atoms with Crippen LogP contribution in [0.1, 0.15) is 59.0 Å². The summed E-state index contributed by atoms with van der Waals surface area (Å²) < 4.78 is 70.1. The molecule has 2 aliphatic rings. The highest BCUT2D eigenvalue weighted by atomic mass is 19.3. The lowest BCUT2D eigenvalue weighted by atomic mass is 9.97. The summed E-state index contributed by atoms with van der Waals surface area (Å²) in [6.07, 6.45) is 3.33. The van der Waals surface area contributed by atoms with Gasteiger partial charge in [-0.3, -0.25) is 14.4 Å². The Morgan fingerprint density at radius 3 is 2.49 bits per heavy atom. The van der Waals surface area contributed by atoms with E-state index in [1.165, 1.54) is 30.3 Å². The minimum absolute atomic E-state index is 0.00255. The predicted octanol–water partition coefficient (Wildman–Crippen LogP) is 4.71. The van der Waals surface area contributed by atoms with Crippen molar-refractivity contribution < 1.29 is 41.4 Å². The van der Waals surface area contributed by atoms with Gasteiger partial charge in [-0.2, -0.15) is 13.8 Å². The lowest BCUT2D eigenvalue weighted by Gasteiger charge is -2.39. The second-order valence-electron chi connectivity index (χ2n) is 11.5. The molecule has 11 nitrogen and oxygen atoms in total. The van der Waals surface area contributed by atoms with Crippen LogP contribution in [0.2, 0.25) is 0 Å². The van der Waals surface area contributed by atoms with Crippen LogP contribution in [0.25, 0.3) is 11.1 Å². The molecule has 1 aliphatic carbocycles. The number of likely N-dealkylation sites (tertiary alicyclic amines) is 1. The second kappa shape index (κ2) is 14.1. The summed E-state index contributed by atoms with van der Waals surface area (Å²) >= 11 is 0. The van der Waals surface area contributed by atoms with Crippen LogP contribution in [0.5, 0.6) is 11.6 Å². The van der Waals surface area contributed by atoms with Crippen molar-refractivity contribution in [3.8, 4) is 22.8 Å². The third-order valence-corrected chi connectivity index (χ3v) is 7.67. The number of hydrogen-bond acceptors (Lipinski definition) is 8. The quantitative estimate of drug-likeness (QED) is 0.238. The number of nitrogens with one attached hydrogen (secondary N) is 2. The number of aromatic nitrogens is 2. The van der Waals surface area contributed by atoms with Crippen LogP contribution in [0.3, 0.4) is 0 Å². The topological polar surface area (TPSA) is 124 Å². The minimum Gasteiger partial charge on any atom is -0.478 e. The Labute approximate surface area is 267 Å². The highest BCUT2D eigenvalue weighted by Gasteiger charge is 2.46. The Kier molecular flexibility index (Phi) is 10.2. The first kappa shape index (κ1) is 33.9. The normalized spacial score (nSPS) is 16.0. The molecule has 0 unspecified atom stereocenters. The molecule has 0 radical (unpaired) electrons. The zero-order valence-electron chi connectivity index (χ0n) is 26.0. The zero-order valence-corrected chi connectivity index (χ0v) is 26.0. The van der Waals surface area contributed by atoms with Gasteiger partial charge in [-0.15, -0.1) is 0 Å². The Bertz CT molecular complexity index is 1690. The van der Waals surface area contributed by atoms with E-state index in [4.69, 9.17) is 9.47 Å². The predicted molar refractivity (Wildman–Crippen MR) is 163 cm³/mol. The van der Waals surface area contributed by atoms with Crippen LogP contribution in [0.15, 0.2) is 47.4 Å². The molecule has 2 N–H and O–H groups in total. The number of rotatable bonds is 14. The van der Waals surface area contributed by atoms with Crippen molar-refractivity contribution in [2.24, 2.45) is 0 Å². The summed E-state index contributed by atoms with van der Waals surface area (Å²) in [6.45, 7) is -0.111. The summed E-state index contributed by atoms with van der Waals surface area (Å²) in [6, 6.07) is 7.95. The molecule has 0 spiro atoms. The van der Waals surface area contributed by atoms with E-state index >= 15 is 0 Å². The van der Waals surface area contributed by atoms with Crippen LogP contribution >= 0.6 is 0 Å². The first-order valence-electron chi connectivity index (χ1n) is 15.1. The molecule has 2 amide bonds. The van der Waals surface area contributed by atoms with Crippen molar-refractivity contribution in [1.82, 2.24) is 19.8 Å². The van der Waals surface area contributed by atoms with Crippen molar-refractivity contribution in [1.29, 1.82) is 0 Å². The smallest absolute Gasteiger partial charge is 0.387 e. The van der Waals surface area contributed by atoms with E-state index in [1.807, 2.05) is 6.92 Å². The van der Waals surface area contributed by atoms with Gasteiger partial charge in [-0.25, -0.2) is 8.78 Å². The van der Waals surface area contributed by atoms with Crippen LogP contribution in [-0.4, -0.2) is 78.3 Å². The van der Waals surface area contributed by atoms with Gasteiger partial charge in [0.05, 0.1) is 31.4 Å². The molecule has 1 atom stereocenters. The van der Waals surface area contributed by atoms with Gasteiger partial charge in [0.1, 0.15) is 17.1 Å². The fourth-order valence-corrected chi connectivity index (χ4v) is 5.13. The molecule has 0 bridgehead atoms. The average molecular weight is 662 g/mol. The van der Waals surface area contributed by atoms with E-state index < -0.39 is 43.0 Å². The third kappa shape index (κ3) is 8.27. The number of methoxy groups -OCH3 is 1. The Morgan fingerprint density at radius 1 is 1.11 bits per heavy atom. The van der Waals surface area contributed by atoms with Crippen LogP contribution < -0.4 is 25.7 Å². The van der Waals surface area contributed by atoms with Crippen LogP contribution in [0.4, 0.5) is 23.4 Å². The molecule has 1 saturated carbocycles. The van der Waals surface area contributed by atoms with Gasteiger partial charge in [0.25, 0.3) is 23.3 Å². The fraction of sp³-hybridized carbons (Fsp3) is 0.438. The van der Waals surface area contributed by atoms with Gasteiger partial charge in [0.2, 0.25) is 5.88 Å². The number of benzene rings is 1. The van der Waals surface area contributed by atoms with Crippen molar-refractivity contribution in [3.05, 3.63) is 69.6 Å². The Balaban J connectivity index is 1.48. The lowest BCUT2D eigenvalue weighted by Crippen LogP contribution is -2.58. The number of anilines is 1. The molecule has 252 valence electrons. The van der Waals surface area contributed by atoms with Gasteiger partial charge >= 0.3 is 6.61 Å². The van der Waals surface area contributed by atoms with Gasteiger partial charge in [0, 0.05) is 38.5 Å². The van der Waals surface area contributed by atoms with Crippen molar-refractivity contribution in [3.63, 3.8) is 0 Å². The summed E-state index contributed by atoms with van der Waals surface area (Å²) in [7, 11) is 1.60. The molecule has 3 heterocycles. The SMILES string of the molecule is CCOc1cc(-c2ccc(OC(F)F)cc2C(=O)N2CC(F)(F)C2)cc(NC(=O)c2cc(CNC[C@H](C)OC)cn(C3CC3)c2=O)n1. The van der Waals surface area contributed by atoms with Crippen molar-refractivity contribution in [2.75, 3.05) is 38.7 Å². The van der Waals surface area contributed by atoms with Crippen LogP contribution in [-0.2, 0) is 11.3 Å². The number of alkyl halides is 4. The number of amides is 2. The van der Waals surface area contributed by atoms with Gasteiger partial charge < -0.3 is 34.3 Å². The van der Waals surface area contributed by atoms with E-state index in [2.05, 4.69) is 20.4 Å². The van der Waals surface area contributed by atoms with Crippen LogP contribution in [0, 0.1) is 0 Å². The highest BCUT2D eigenvalue weighted by Crippen LogP contribution is 2.36. The molecular weight excluding hydrogens is 626 g/mol. The largest absolute Gasteiger partial charge is 0.478 e. The fourth-order valence-electron chi connectivity index (χ4n) is 5.13. The molecule has 2 aromatic heterocycles. The third-order valence-electron chi connectivity index (χ3n) is 7.67. The zero-order chi connectivity index (χ0) is 33.9. The number of ether oxygens (including phenoxy) is 3. The molecular formula is C32H35F4N5O6. The number of nitrogens with zero attached hydrogens (tertiary/aromatic N) is 3. The monoisotopic (exact) mass is 661 g/mol. The average Bonchev–Trinajstić information content (AvgIpc) is 3.85. The molecule has 1 saturated heterocycles. The Hall–Kier alpha value is -4.50. The summed E-state index contributed by atoms with van der Waals surface area (Å²) in [5.41, 5.74) is 0.393. The van der Waals surface area contributed by atoms with E-state index in [0.29, 0.717) is 18.7 Å². The number of carbonyl (C=O) groups is 2. The maximum absolute atomic E-state index is 13.6. The summed E-state index contributed by atoms with van der Waals surface area (Å²) in [5, 5.41) is 5.89. The molecule has 15 heteroatoms. The van der Waals surface area contributed by atoms with Crippen molar-refractivity contribution >= 4 is 17.6 Å². The van der Waals surface area contributed by atoms with E-state index in [0.717, 1.165) is 23.8 Å². The number of carbonyl (C=O) groups excluding carboxylic acids is 2. The molecule has 5 rings (SSSR count). The lowest BCUT2D eigenvalue weighted by molar-refractivity contribution is -0.113. The second-order valence-corrected chi connectivity index (χ2v) is 11.5. The molecule has 3 aromatic rings. The number of hydrogen-bond donors (Lipinski definition) is 2. The van der Waals surface area contributed by atoms with Crippen molar-refractivity contribution in [2.45, 2.75) is 57.9 Å². The molecule has 2 fully saturated rings.